The van der Waals surface area contributed by atoms with Gasteiger partial charge in [0, 0.05) is 5.88 Å². The quantitative estimate of drug-likeness (QED) is 0.345. The zero-order chi connectivity index (χ0) is 4.12. The van der Waals surface area contributed by atoms with Crippen molar-refractivity contribution in [2.75, 3.05) is 5.88 Å². The first kappa shape index (κ1) is 5.35. The van der Waals surface area contributed by atoms with Crippen molar-refractivity contribution in [1.29, 1.82) is 0 Å². The lowest BCUT2D eigenvalue weighted by Crippen LogP contribution is -1.68. The van der Waals surface area contributed by atoms with E-state index >= 15 is 0 Å². The summed E-state index contributed by atoms with van der Waals surface area (Å²) in [5, 5.41) is 0. The molecule has 0 nitrogen and oxygen atoms in total. The lowest BCUT2D eigenvalue weighted by Gasteiger charge is -1.76. The van der Waals surface area contributed by atoms with E-state index in [1.165, 1.54) is 6.32 Å². The first-order valence-corrected chi connectivity index (χ1v) is 2.51. The molecule has 0 aromatic heterocycles. The van der Waals surface area contributed by atoms with Crippen LogP contribution in [-0.4, -0.2) is 13.7 Å². The van der Waals surface area contributed by atoms with Crippen LogP contribution in [0.15, 0.2) is 0 Å². The minimum Gasteiger partial charge on any atom is -0.127 e. The van der Waals surface area contributed by atoms with Gasteiger partial charge in [0.15, 0.2) is 0 Å². The Balaban J connectivity index is 2.19. The molecule has 0 bridgehead atoms. The Morgan fingerprint density at radius 1 is 1.60 bits per heavy atom. The third-order valence-corrected chi connectivity index (χ3v) is 0.754. The van der Waals surface area contributed by atoms with Gasteiger partial charge in [0.05, 0.1) is 0 Å². The molecule has 0 atom stereocenters. The number of alkyl halides is 1. The smallest absolute Gasteiger partial charge is 0.101 e. The Bertz CT molecular complexity index is 14.4. The van der Waals surface area contributed by atoms with Crippen LogP contribution in [-0.2, 0) is 0 Å². The minimum atomic E-state index is 0.816. The molecule has 0 amide bonds. The lowest BCUT2D eigenvalue weighted by atomic mass is 10.0. The molecule has 0 aromatic rings. The topological polar surface area (TPSA) is 0 Å². The Morgan fingerprint density at radius 2 is 2.20 bits per heavy atom. The standard InChI is InChI=1S/C3H8BCl/c4-2-1-3-5/h1-4H2. The molecule has 0 aliphatic heterocycles. The average Bonchev–Trinajstić information content (AvgIpc) is 1.41. The summed E-state index contributed by atoms with van der Waals surface area (Å²) in [5.74, 6) is 0.816. The van der Waals surface area contributed by atoms with E-state index in [9.17, 15) is 0 Å². The fraction of sp³-hybridized carbons (Fsp3) is 1.00. The highest BCUT2D eigenvalue weighted by molar-refractivity contribution is 6.18. The molecule has 0 aliphatic carbocycles. The fourth-order valence-electron chi connectivity index (χ4n) is 0.134. The maximum atomic E-state index is 5.30. The minimum absolute atomic E-state index is 0.816. The molecular weight excluding hydrogens is 82.3 g/mol. The Kier molecular flexibility index (Phi) is 4.66. The van der Waals surface area contributed by atoms with E-state index in [1.807, 2.05) is 0 Å². The number of hydrogen-bond acceptors (Lipinski definition) is 0. The summed E-state index contributed by atoms with van der Waals surface area (Å²) < 4.78 is 0. The first-order chi connectivity index (χ1) is 2.41. The molecule has 0 fully saturated rings. The average molecular weight is 90.4 g/mol. The summed E-state index contributed by atoms with van der Waals surface area (Å²) in [7, 11) is 2.13. The molecule has 0 radical (unpaired) electrons. The molecular formula is C3H8BCl. The third-order valence-electron chi connectivity index (χ3n) is 0.487. The summed E-state index contributed by atoms with van der Waals surface area (Å²) in [6.45, 7) is 0. The number of halogens is 1. The maximum absolute atomic E-state index is 5.30. The highest BCUT2D eigenvalue weighted by Gasteiger charge is 1.70. The molecule has 30 valence electrons. The SMILES string of the molecule is BCCCCl. The Morgan fingerprint density at radius 3 is 2.20 bits per heavy atom. The van der Waals surface area contributed by atoms with E-state index in [0.717, 1.165) is 12.3 Å². The summed E-state index contributed by atoms with van der Waals surface area (Å²) >= 11 is 5.30. The Hall–Kier alpha value is 0.355. The van der Waals surface area contributed by atoms with Gasteiger partial charge in [-0.1, -0.05) is 6.32 Å². The monoisotopic (exact) mass is 90.0 g/mol. The molecule has 5 heavy (non-hydrogen) atoms. The molecule has 2 heteroatoms. The molecule has 0 aromatic carbocycles. The van der Waals surface area contributed by atoms with Crippen molar-refractivity contribution in [1.82, 2.24) is 0 Å². The number of hydrogen-bond donors (Lipinski definition) is 0. The van der Waals surface area contributed by atoms with Gasteiger partial charge in [0.1, 0.15) is 7.85 Å². The van der Waals surface area contributed by atoms with Gasteiger partial charge in [0.25, 0.3) is 0 Å². The highest BCUT2D eigenvalue weighted by atomic mass is 35.5. The molecule has 0 saturated heterocycles. The van der Waals surface area contributed by atoms with Gasteiger partial charge < -0.3 is 0 Å². The van der Waals surface area contributed by atoms with Crippen LogP contribution in [0.2, 0.25) is 6.32 Å². The van der Waals surface area contributed by atoms with Crippen molar-refractivity contribution in [2.24, 2.45) is 0 Å². The van der Waals surface area contributed by atoms with Crippen LogP contribution in [0.3, 0.4) is 0 Å². The molecule has 0 spiro atoms. The maximum Gasteiger partial charge on any atom is 0.101 e. The summed E-state index contributed by atoms with van der Waals surface area (Å²) in [6, 6.07) is 0. The van der Waals surface area contributed by atoms with Crippen molar-refractivity contribution in [3.63, 3.8) is 0 Å². The van der Waals surface area contributed by atoms with Crippen LogP contribution >= 0.6 is 11.6 Å². The van der Waals surface area contributed by atoms with Crippen LogP contribution in [0.1, 0.15) is 6.42 Å². The first-order valence-electron chi connectivity index (χ1n) is 1.97. The zero-order valence-electron chi connectivity index (χ0n) is 3.50. The second-order valence-corrected chi connectivity index (χ2v) is 1.42. The third kappa shape index (κ3) is 4.35. The van der Waals surface area contributed by atoms with Gasteiger partial charge in [-0.25, -0.2) is 0 Å². The van der Waals surface area contributed by atoms with E-state index in [4.69, 9.17) is 11.6 Å². The normalized spacial score (nSPS) is 8.20. The van der Waals surface area contributed by atoms with Crippen molar-refractivity contribution < 1.29 is 0 Å². The van der Waals surface area contributed by atoms with Crippen LogP contribution < -0.4 is 0 Å². The van der Waals surface area contributed by atoms with Crippen LogP contribution in [0.25, 0.3) is 0 Å². The largest absolute Gasteiger partial charge is 0.127 e. The van der Waals surface area contributed by atoms with Crippen molar-refractivity contribution >= 4 is 19.4 Å². The summed E-state index contributed by atoms with van der Waals surface area (Å²) in [6.07, 6.45) is 2.37. The van der Waals surface area contributed by atoms with E-state index in [-0.39, 0.29) is 0 Å². The van der Waals surface area contributed by atoms with E-state index in [2.05, 4.69) is 7.85 Å². The Labute approximate surface area is 38.9 Å². The molecule has 0 saturated carbocycles. The molecule has 0 heterocycles. The van der Waals surface area contributed by atoms with Crippen LogP contribution in [0.4, 0.5) is 0 Å². The van der Waals surface area contributed by atoms with Crippen LogP contribution in [0.5, 0.6) is 0 Å². The second kappa shape index (κ2) is 4.35. The predicted octanol–water partition coefficient (Wildman–Crippen LogP) is 0.667. The fourth-order valence-corrected chi connectivity index (χ4v) is 0.401. The van der Waals surface area contributed by atoms with Gasteiger partial charge in [-0.05, 0) is 6.42 Å². The second-order valence-electron chi connectivity index (χ2n) is 1.04. The van der Waals surface area contributed by atoms with Gasteiger partial charge in [-0.15, -0.1) is 11.6 Å². The van der Waals surface area contributed by atoms with E-state index in [0.29, 0.717) is 0 Å². The van der Waals surface area contributed by atoms with E-state index in [1.54, 1.807) is 0 Å². The van der Waals surface area contributed by atoms with Crippen molar-refractivity contribution in [3.05, 3.63) is 0 Å². The summed E-state index contributed by atoms with van der Waals surface area (Å²) in [4.78, 5) is 0. The van der Waals surface area contributed by atoms with Crippen molar-refractivity contribution in [2.45, 2.75) is 12.7 Å². The molecule has 0 unspecified atom stereocenters. The summed E-state index contributed by atoms with van der Waals surface area (Å²) in [5.41, 5.74) is 0. The predicted molar refractivity (Wildman–Crippen MR) is 28.7 cm³/mol. The molecule has 0 aliphatic rings. The van der Waals surface area contributed by atoms with Crippen LogP contribution in [0, 0.1) is 0 Å². The van der Waals surface area contributed by atoms with Gasteiger partial charge in [-0.3, -0.25) is 0 Å². The lowest BCUT2D eigenvalue weighted by molar-refractivity contribution is 1.09. The van der Waals surface area contributed by atoms with Gasteiger partial charge >= 0.3 is 0 Å². The zero-order valence-corrected chi connectivity index (χ0v) is 4.26. The number of rotatable bonds is 2. The van der Waals surface area contributed by atoms with Gasteiger partial charge in [-0.2, -0.15) is 0 Å². The highest BCUT2D eigenvalue weighted by Crippen LogP contribution is 1.84. The molecule has 0 N–H and O–H groups in total. The van der Waals surface area contributed by atoms with Gasteiger partial charge in [0.2, 0.25) is 0 Å². The molecule has 0 rings (SSSR count). The van der Waals surface area contributed by atoms with Crippen molar-refractivity contribution in [3.8, 4) is 0 Å². The van der Waals surface area contributed by atoms with E-state index < -0.39 is 0 Å².